The van der Waals surface area contributed by atoms with Crippen molar-refractivity contribution in [2.45, 2.75) is 0 Å². The van der Waals surface area contributed by atoms with Gasteiger partial charge in [-0.05, 0) is 138 Å². The highest BCUT2D eigenvalue weighted by atomic mass is 15.2. The second-order valence-corrected chi connectivity index (χ2v) is 37.5. The quantitative estimate of drug-likeness (QED) is 0.0979. The van der Waals surface area contributed by atoms with Gasteiger partial charge in [-0.3, -0.25) is 9.13 Å². The van der Waals surface area contributed by atoms with E-state index in [-0.39, 0.29) is 0 Å². The van der Waals surface area contributed by atoms with E-state index in [1.54, 1.807) is 0 Å². The molecule has 0 fully saturated rings. The summed E-state index contributed by atoms with van der Waals surface area (Å²) in [6, 6.07) is 184. The Morgan fingerprint density at radius 2 is 0.327 bits per heavy atom. The van der Waals surface area contributed by atoms with E-state index < -0.39 is 0 Å². The molecule has 0 spiro atoms. The molecule has 9 aromatic heterocycles. The standard InChI is InChI=1S/C51H33N5.C45H29N5.C39H25N5/c1-4-15-34(16-5-1)38-21-14-22-40(33-38)55-45-26-13-11-24-43(45)47-46(55)32-31-42-41-23-10-12-25-44(41)56(48(42)47)39-29-27-37(28-30-39)51-53-49(35-17-6-2-7-18-35)52-50(54-51)36-19-8-3-9-20-36;1-4-14-30(15-5-1)31-24-26-34(27-25-31)49-39-23-13-11-21-37(39)41-40(49)29-28-36-35-20-10-12-22-38(35)50(42(36)41)45-47-43(32-16-6-2-7-17-32)46-44(48-45)33-18-8-3-9-19-33;1-4-14-26(15-5-1)37-40-38(27-16-6-2-7-17-27)42-39(41-37)44-33-23-13-11-21-31(33)35-34(44)25-24-30-29-20-10-12-22-32(29)43(36(30)35)28-18-8-3-9-19-28/h1-33H;1-29H;1-25H. The third kappa shape index (κ3) is 15.2. The minimum Gasteiger partial charge on any atom is -0.309 e. The molecule has 0 radical (unpaired) electrons. The van der Waals surface area contributed by atoms with Gasteiger partial charge in [-0.15, -0.1) is 0 Å². The molecule has 150 heavy (non-hydrogen) atoms. The molecule has 0 saturated carbocycles. The fraction of sp³-hybridized carbons (Fsp3) is 0. The Morgan fingerprint density at radius 1 is 0.113 bits per heavy atom. The molecule has 0 amide bonds. The van der Waals surface area contributed by atoms with Crippen molar-refractivity contribution in [1.82, 2.24) is 72.3 Å². The molecule has 702 valence electrons. The number of hydrogen-bond donors (Lipinski definition) is 0. The Labute approximate surface area is 861 Å². The normalized spacial score (nSPS) is 11.6. The van der Waals surface area contributed by atoms with Gasteiger partial charge in [0.2, 0.25) is 11.9 Å². The van der Waals surface area contributed by atoms with Crippen molar-refractivity contribution >= 4 is 131 Å². The largest absolute Gasteiger partial charge is 0.309 e. The average molecular weight is 1920 g/mol. The molecule has 30 aromatic rings. The van der Waals surface area contributed by atoms with Crippen LogP contribution in [-0.4, -0.2) is 72.3 Å². The van der Waals surface area contributed by atoms with Crippen molar-refractivity contribution in [2.75, 3.05) is 0 Å². The van der Waals surface area contributed by atoms with Crippen molar-refractivity contribution in [1.29, 1.82) is 0 Å². The van der Waals surface area contributed by atoms with E-state index in [1.807, 2.05) is 158 Å². The molecule has 15 heteroatoms. The maximum Gasteiger partial charge on any atom is 0.238 e. The first-order valence-corrected chi connectivity index (χ1v) is 50.4. The van der Waals surface area contributed by atoms with E-state index in [1.165, 1.54) is 87.4 Å². The predicted molar refractivity (Wildman–Crippen MR) is 614 cm³/mol. The minimum atomic E-state index is 0.584. The molecule has 0 N–H and O–H groups in total. The third-order valence-corrected chi connectivity index (χ3v) is 28.7. The van der Waals surface area contributed by atoms with Gasteiger partial charge in [0.1, 0.15) is 0 Å². The summed E-state index contributed by atoms with van der Waals surface area (Å²) in [6.07, 6.45) is 0. The van der Waals surface area contributed by atoms with Crippen LogP contribution in [0.15, 0.2) is 528 Å². The topological polar surface area (TPSA) is 146 Å². The van der Waals surface area contributed by atoms with E-state index in [0.717, 1.165) is 127 Å². The summed E-state index contributed by atoms with van der Waals surface area (Å²) >= 11 is 0. The summed E-state index contributed by atoms with van der Waals surface area (Å²) < 4.78 is 14.0. The van der Waals surface area contributed by atoms with E-state index in [0.29, 0.717) is 52.7 Å². The SMILES string of the molecule is c1ccc(-c2ccc(-n3c4ccccc4c4c3ccc3c5ccccc5n(-c5nc(-c6ccccc6)nc(-c6ccccc6)n5)c34)cc2)cc1.c1ccc(-c2cccc(-n3c4ccccc4c4c3ccc3c5ccccc5n(-c5ccc(-c6nc(-c7ccccc7)nc(-c7ccccc7)n6)cc5)c34)c2)cc1.c1ccc(-c2nc(-c3ccccc3)nc(-n3c4ccccc4c4c3ccc3c5ccccc5n(-c5ccccc5)c34)n2)cc1. The molecule has 15 nitrogen and oxygen atoms in total. The van der Waals surface area contributed by atoms with E-state index >= 15 is 0 Å². The number of rotatable bonds is 15. The number of benzene rings is 21. The summed E-state index contributed by atoms with van der Waals surface area (Å²) in [5, 5.41) is 14.3. The van der Waals surface area contributed by atoms with Crippen molar-refractivity contribution in [3.05, 3.63) is 528 Å². The number of para-hydroxylation sites is 7. The predicted octanol–water partition coefficient (Wildman–Crippen LogP) is 33.2. The van der Waals surface area contributed by atoms with Gasteiger partial charge in [0, 0.05) is 126 Å². The summed E-state index contributed by atoms with van der Waals surface area (Å²) in [7, 11) is 0. The van der Waals surface area contributed by atoms with Crippen molar-refractivity contribution in [2.24, 2.45) is 0 Å². The van der Waals surface area contributed by atoms with Gasteiger partial charge in [-0.2, -0.15) is 19.9 Å². The van der Waals surface area contributed by atoms with Crippen LogP contribution in [0.25, 0.3) is 267 Å². The van der Waals surface area contributed by atoms with Crippen LogP contribution >= 0.6 is 0 Å². The first-order chi connectivity index (χ1) is 74.4. The van der Waals surface area contributed by atoms with Gasteiger partial charge in [-0.25, -0.2) is 24.9 Å². The van der Waals surface area contributed by atoms with Gasteiger partial charge in [0.05, 0.1) is 66.2 Å². The second kappa shape index (κ2) is 37.0. The van der Waals surface area contributed by atoms with Crippen molar-refractivity contribution in [3.8, 4) is 137 Å². The highest BCUT2D eigenvalue weighted by molar-refractivity contribution is 6.29. The van der Waals surface area contributed by atoms with Gasteiger partial charge >= 0.3 is 0 Å². The first kappa shape index (κ1) is 87.3. The maximum atomic E-state index is 5.20. The van der Waals surface area contributed by atoms with Crippen LogP contribution < -0.4 is 0 Å². The smallest absolute Gasteiger partial charge is 0.238 e. The van der Waals surface area contributed by atoms with E-state index in [9.17, 15) is 0 Å². The molecular weight excluding hydrogens is 1830 g/mol. The molecule has 30 rings (SSSR count). The van der Waals surface area contributed by atoms with Crippen LogP contribution in [0.5, 0.6) is 0 Å². The van der Waals surface area contributed by atoms with E-state index in [2.05, 4.69) is 397 Å². The van der Waals surface area contributed by atoms with Gasteiger partial charge < -0.3 is 18.3 Å². The molecule has 9 heterocycles. The summed E-state index contributed by atoms with van der Waals surface area (Å²) in [6.45, 7) is 0. The lowest BCUT2D eigenvalue weighted by Crippen LogP contribution is -2.06. The van der Waals surface area contributed by atoms with Gasteiger partial charge in [-0.1, -0.05) is 413 Å². The number of nitrogens with zero attached hydrogens (tertiary/aromatic N) is 15. The lowest BCUT2D eigenvalue weighted by atomic mass is 10.1. The fourth-order valence-electron chi connectivity index (χ4n) is 22.0. The lowest BCUT2D eigenvalue weighted by Gasteiger charge is -2.12. The fourth-order valence-corrected chi connectivity index (χ4v) is 22.0. The molecule has 21 aromatic carbocycles. The van der Waals surface area contributed by atoms with Crippen LogP contribution in [0.2, 0.25) is 0 Å². The highest BCUT2D eigenvalue weighted by Crippen LogP contribution is 2.48. The lowest BCUT2D eigenvalue weighted by molar-refractivity contribution is 0.953. The average Bonchev–Trinajstić information content (AvgIpc) is 1.55. The third-order valence-electron chi connectivity index (χ3n) is 28.7. The number of hydrogen-bond acceptors (Lipinski definition) is 9. The zero-order valence-corrected chi connectivity index (χ0v) is 80.9. The molecule has 0 saturated heterocycles. The molecule has 0 aliphatic rings. The Bertz CT molecular complexity index is 10200. The second-order valence-electron chi connectivity index (χ2n) is 37.5. The summed E-state index contributed by atoms with van der Waals surface area (Å²) in [4.78, 5) is 45.4. The van der Waals surface area contributed by atoms with E-state index in [4.69, 9.17) is 44.9 Å². The summed E-state index contributed by atoms with van der Waals surface area (Å²) in [5.41, 5.74) is 29.3. The highest BCUT2D eigenvalue weighted by Gasteiger charge is 2.29. The van der Waals surface area contributed by atoms with Gasteiger partial charge in [0.25, 0.3) is 0 Å². The zero-order valence-electron chi connectivity index (χ0n) is 80.9. The Kier molecular flexibility index (Phi) is 21.5. The summed E-state index contributed by atoms with van der Waals surface area (Å²) in [5.74, 6) is 5.64. The molecule has 0 aliphatic heterocycles. The number of aromatic nitrogens is 15. The zero-order chi connectivity index (χ0) is 99.1. The first-order valence-electron chi connectivity index (χ1n) is 50.4. The molecule has 0 aliphatic carbocycles. The minimum absolute atomic E-state index is 0.584. The van der Waals surface area contributed by atoms with Gasteiger partial charge in [0.15, 0.2) is 40.8 Å². The Balaban J connectivity index is 0.000000109. The van der Waals surface area contributed by atoms with Crippen LogP contribution in [0.4, 0.5) is 0 Å². The molecule has 0 atom stereocenters. The Hall–Kier alpha value is -20.6. The monoisotopic (exact) mass is 1920 g/mol. The van der Waals surface area contributed by atoms with Crippen LogP contribution in [0.1, 0.15) is 0 Å². The van der Waals surface area contributed by atoms with Crippen LogP contribution in [0, 0.1) is 0 Å². The molecule has 0 bridgehead atoms. The molecular formula is C135H87N15. The number of fused-ring (bicyclic) bond motifs is 21. The van der Waals surface area contributed by atoms with Crippen molar-refractivity contribution < 1.29 is 0 Å². The van der Waals surface area contributed by atoms with Crippen LogP contribution in [0.3, 0.4) is 0 Å². The van der Waals surface area contributed by atoms with Crippen LogP contribution in [-0.2, 0) is 0 Å². The Morgan fingerprint density at radius 3 is 0.680 bits per heavy atom. The maximum absolute atomic E-state index is 5.20. The van der Waals surface area contributed by atoms with Crippen molar-refractivity contribution in [3.63, 3.8) is 0 Å². The molecule has 0 unspecified atom stereocenters.